The molecule has 0 saturated heterocycles. The van der Waals surface area contributed by atoms with Crippen LogP contribution in [0.1, 0.15) is 104 Å². The molecule has 0 aliphatic carbocycles. The third-order valence-electron chi connectivity index (χ3n) is 27.3. The molecule has 27 rings (SSSR count). The van der Waals surface area contributed by atoms with Crippen LogP contribution < -0.4 is 0 Å². The van der Waals surface area contributed by atoms with Gasteiger partial charge in [-0.15, -0.1) is 0 Å². The number of imidazole rings is 10. The van der Waals surface area contributed by atoms with Crippen LogP contribution in [-0.2, 0) is 27.7 Å². The summed E-state index contributed by atoms with van der Waals surface area (Å²) >= 11 is 0. The van der Waals surface area contributed by atoms with Gasteiger partial charge in [-0.2, -0.15) is 0 Å². The summed E-state index contributed by atoms with van der Waals surface area (Å²) in [6.07, 6.45) is 0. The molecule has 0 aliphatic rings. The van der Waals surface area contributed by atoms with Gasteiger partial charge in [-0.3, -0.25) is 22.0 Å². The lowest BCUT2D eigenvalue weighted by Gasteiger charge is -2.23. The number of rotatable bonds is 7. The first-order valence-electron chi connectivity index (χ1n) is 49.2. The average Bonchev–Trinajstić information content (AvgIpc) is 1.56. The van der Waals surface area contributed by atoms with Crippen LogP contribution in [0, 0.1) is 0 Å². The van der Waals surface area contributed by atoms with Gasteiger partial charge in [-0.1, -0.05) is 303 Å². The van der Waals surface area contributed by atoms with Crippen molar-refractivity contribution in [2.24, 2.45) is 0 Å². The van der Waals surface area contributed by atoms with Crippen molar-refractivity contribution in [2.75, 3.05) is 0 Å². The molecule has 0 fully saturated rings. The third-order valence-corrected chi connectivity index (χ3v) is 27.3. The van der Waals surface area contributed by atoms with E-state index in [9.17, 15) is 0 Å². The predicted molar refractivity (Wildman–Crippen MR) is 594 cm³/mol. The summed E-state index contributed by atoms with van der Waals surface area (Å²) in [5.74, 6) is 4.96. The Morgan fingerprint density at radius 3 is 0.824 bits per heavy atom. The molecule has 0 N–H and O–H groups in total. The van der Waals surface area contributed by atoms with Gasteiger partial charge in [-0.25, -0.2) is 24.9 Å². The standard InChI is InChI=1S/3C29H25N3.C23H21N3.C17H17N3/c1-29(2,3)32-27-23(21-14-8-5-9-15-21)17-11-19-25(27)31-24-18-10-16-22(26(24)30-28(31)32)20-12-6-4-7-13-20;1-29(2,3)32-27-19-23(21-12-8-5-9-13-21)15-17-26(27)31-25-16-14-22(18-24(25)30-28(31)32)20-10-6-4-7-11-20;1-29(2,3)32-25-17-15-23(21-12-8-5-9-13-21)19-27(25)31-26-18-22(20-10-6-4-7-11-20)14-16-24(26)30-28(31)32;1-23(2,3)26-20-14-13-17(16-9-5-4-6-10-16)15-21(20)25-19-12-8-7-11-18(19)24-22(25)26;1-17(2,3)20-15-11-7-6-10-14(15)19-13-9-5-4-8-12(13)18-16(19)20/h3*4-19H,1-3H3;4-15H,1-3H3;4-11H,1-3H3. The summed E-state index contributed by atoms with van der Waals surface area (Å²) < 4.78 is 23.3. The van der Waals surface area contributed by atoms with Gasteiger partial charge in [-0.05, 0) is 280 Å². The first-order chi connectivity index (χ1) is 68.7. The molecule has 0 amide bonds. The fraction of sp³-hybridized carbons (Fsp3) is 0.157. The summed E-state index contributed by atoms with van der Waals surface area (Å²) in [7, 11) is 0. The highest BCUT2D eigenvalue weighted by atomic mass is 15.3. The highest BCUT2D eigenvalue weighted by Gasteiger charge is 2.32. The molecule has 15 heteroatoms. The summed E-state index contributed by atoms with van der Waals surface area (Å²) in [6.45, 7) is 33.6. The van der Waals surface area contributed by atoms with E-state index in [1.807, 2.05) is 12.1 Å². The second-order valence-corrected chi connectivity index (χ2v) is 42.2. The minimum atomic E-state index is -0.137. The average molecular weight is 1850 g/mol. The lowest BCUT2D eigenvalue weighted by Crippen LogP contribution is -2.22. The maximum absolute atomic E-state index is 5.26. The molecule has 10 aromatic heterocycles. The summed E-state index contributed by atoms with van der Waals surface area (Å²) in [5, 5.41) is 0. The van der Waals surface area contributed by atoms with Gasteiger partial charge in [0.05, 0.1) is 110 Å². The van der Waals surface area contributed by atoms with Gasteiger partial charge in [0.2, 0.25) is 28.9 Å². The zero-order valence-electron chi connectivity index (χ0n) is 83.0. The molecule has 142 heavy (non-hydrogen) atoms. The smallest absolute Gasteiger partial charge is 0.216 e. The van der Waals surface area contributed by atoms with Gasteiger partial charge < -0.3 is 22.8 Å². The number of aromatic nitrogens is 15. The Morgan fingerprint density at radius 1 is 0.148 bits per heavy atom. The molecule has 0 bridgehead atoms. The maximum atomic E-state index is 5.26. The van der Waals surface area contributed by atoms with Crippen LogP contribution in [0.15, 0.2) is 413 Å². The molecule has 0 aliphatic heterocycles. The van der Waals surface area contributed by atoms with Crippen molar-refractivity contribution in [1.29, 1.82) is 0 Å². The molecular weight excluding hydrogens is 1740 g/mol. The Hall–Kier alpha value is -16.9. The fourth-order valence-electron chi connectivity index (χ4n) is 21.2. The van der Waals surface area contributed by atoms with E-state index < -0.39 is 0 Å². The molecule has 0 radical (unpaired) electrons. The monoisotopic (exact) mass is 1850 g/mol. The van der Waals surface area contributed by atoms with Crippen LogP contribution in [-0.4, -0.2) is 69.8 Å². The lowest BCUT2D eigenvalue weighted by atomic mass is 10.0. The van der Waals surface area contributed by atoms with E-state index in [2.05, 4.69) is 549 Å². The SMILES string of the molecule is CC(C)(C)n1c2c(-c3ccccc3)cccc2n2c3cccc(-c4ccccc4)c3nc12.CC(C)(C)n1c2cc(-c3ccccc3)ccc2n2c3ccc(-c4ccccc4)cc3nc12.CC(C)(C)n1c2ccc(-c3ccccc3)cc2n2c3cc(-c4ccccc4)ccc3nc12.CC(C)(C)n1c2ccc(-c3ccccc3)cc2n2c3ccccc3nc12.CC(C)(C)n1c2ccccc2n2c3ccccc3nc12. The molecule has 27 aromatic rings. The number of fused-ring (bicyclic) bond motifs is 25. The number of hydrogen-bond donors (Lipinski definition) is 0. The molecule has 17 aromatic carbocycles. The number of benzene rings is 17. The molecule has 0 saturated carbocycles. The van der Waals surface area contributed by atoms with Gasteiger partial charge >= 0.3 is 0 Å². The van der Waals surface area contributed by atoms with E-state index in [1.165, 1.54) is 139 Å². The Labute approximate surface area is 825 Å². The zero-order chi connectivity index (χ0) is 97.4. The van der Waals surface area contributed by atoms with Crippen molar-refractivity contribution < 1.29 is 0 Å². The van der Waals surface area contributed by atoms with E-state index in [0.29, 0.717) is 0 Å². The topological polar surface area (TPSA) is 111 Å². The van der Waals surface area contributed by atoms with Crippen molar-refractivity contribution in [1.82, 2.24) is 69.8 Å². The zero-order valence-corrected chi connectivity index (χ0v) is 83.0. The molecular formula is C127H113N15. The molecule has 696 valence electrons. The van der Waals surface area contributed by atoms with E-state index >= 15 is 0 Å². The van der Waals surface area contributed by atoms with Crippen LogP contribution in [0.5, 0.6) is 0 Å². The minimum Gasteiger partial charge on any atom is -0.304 e. The van der Waals surface area contributed by atoms with Crippen molar-refractivity contribution >= 4 is 139 Å². The molecule has 0 unspecified atom stereocenters. The molecule has 15 nitrogen and oxygen atoms in total. The second kappa shape index (κ2) is 34.6. The Kier molecular flexibility index (Phi) is 21.7. The molecule has 0 spiro atoms. The summed E-state index contributed by atoms with van der Waals surface area (Å²) in [5.41, 5.74) is 39.5. The second-order valence-electron chi connectivity index (χ2n) is 42.2. The van der Waals surface area contributed by atoms with Gasteiger partial charge in [0, 0.05) is 38.8 Å². The van der Waals surface area contributed by atoms with Crippen LogP contribution in [0.4, 0.5) is 0 Å². The maximum Gasteiger partial charge on any atom is 0.216 e. The Balaban J connectivity index is 0.0000000995. The minimum absolute atomic E-state index is 0.00820. The molecule has 0 atom stereocenters. The summed E-state index contributed by atoms with van der Waals surface area (Å²) in [6, 6.07) is 146. The van der Waals surface area contributed by atoms with Crippen LogP contribution in [0.3, 0.4) is 0 Å². The normalized spacial score (nSPS) is 12.3. The predicted octanol–water partition coefficient (Wildman–Crippen LogP) is 32.7. The first kappa shape index (κ1) is 89.0. The fourth-order valence-corrected chi connectivity index (χ4v) is 21.2. The van der Waals surface area contributed by atoms with E-state index in [4.69, 9.17) is 24.9 Å². The van der Waals surface area contributed by atoms with Crippen LogP contribution in [0.2, 0.25) is 0 Å². The quantitative estimate of drug-likeness (QED) is 0.158. The number of nitrogens with zero attached hydrogens (tertiary/aromatic N) is 15. The van der Waals surface area contributed by atoms with Crippen molar-refractivity contribution in [3.05, 3.63) is 413 Å². The van der Waals surface area contributed by atoms with E-state index in [-0.39, 0.29) is 27.7 Å². The van der Waals surface area contributed by atoms with Gasteiger partial charge in [0.1, 0.15) is 0 Å². The van der Waals surface area contributed by atoms with Gasteiger partial charge in [0.15, 0.2) is 0 Å². The third kappa shape index (κ3) is 15.6. The number of hydrogen-bond acceptors (Lipinski definition) is 5. The van der Waals surface area contributed by atoms with Crippen LogP contribution in [0.25, 0.3) is 217 Å². The largest absolute Gasteiger partial charge is 0.304 e. The first-order valence-corrected chi connectivity index (χ1v) is 49.2. The highest BCUT2D eigenvalue weighted by Crippen LogP contribution is 2.44. The van der Waals surface area contributed by atoms with Gasteiger partial charge in [0.25, 0.3) is 0 Å². The molecule has 10 heterocycles. The lowest BCUT2D eigenvalue weighted by molar-refractivity contribution is 0.418. The Bertz CT molecular complexity index is 9440. The van der Waals surface area contributed by atoms with Crippen LogP contribution >= 0.6 is 0 Å². The highest BCUT2D eigenvalue weighted by molar-refractivity contribution is 6.04. The van der Waals surface area contributed by atoms with Crippen molar-refractivity contribution in [3.63, 3.8) is 0 Å². The van der Waals surface area contributed by atoms with E-state index in [1.54, 1.807) is 0 Å². The Morgan fingerprint density at radius 2 is 0.401 bits per heavy atom. The van der Waals surface area contributed by atoms with Crippen molar-refractivity contribution in [3.8, 4) is 77.9 Å². The van der Waals surface area contributed by atoms with E-state index in [0.717, 1.165) is 78.5 Å². The summed E-state index contributed by atoms with van der Waals surface area (Å²) in [4.78, 5) is 25.3. The van der Waals surface area contributed by atoms with Crippen molar-refractivity contribution in [2.45, 2.75) is 132 Å². The number of para-hydroxylation sites is 8.